The van der Waals surface area contributed by atoms with Crippen LogP contribution in [0.2, 0.25) is 0 Å². The van der Waals surface area contributed by atoms with Crippen LogP contribution in [-0.4, -0.2) is 49.7 Å². The van der Waals surface area contributed by atoms with E-state index in [-0.39, 0.29) is 30.0 Å². The number of imidazole rings is 1. The number of hydrogen-bond acceptors (Lipinski definition) is 6. The van der Waals surface area contributed by atoms with Gasteiger partial charge in [-0.05, 0) is 32.9 Å². The fraction of sp³-hybridized carbons (Fsp3) is 0.389. The average molecular weight is 390 g/mol. The minimum absolute atomic E-state index is 0.0152. The third kappa shape index (κ3) is 5.61. The van der Waals surface area contributed by atoms with E-state index in [0.29, 0.717) is 0 Å². The van der Waals surface area contributed by atoms with Gasteiger partial charge in [0.25, 0.3) is 11.6 Å². The highest BCUT2D eigenvalue weighted by Gasteiger charge is 2.24. The van der Waals surface area contributed by atoms with E-state index in [4.69, 9.17) is 4.74 Å². The van der Waals surface area contributed by atoms with Gasteiger partial charge in [0.1, 0.15) is 11.7 Å². The number of carbonyl (C=O) groups excluding carboxylic acids is 1. The molecule has 1 aromatic heterocycles. The van der Waals surface area contributed by atoms with Crippen LogP contribution in [0.25, 0.3) is 5.69 Å². The van der Waals surface area contributed by atoms with E-state index < -0.39 is 28.4 Å². The second kappa shape index (κ2) is 8.61. The summed E-state index contributed by atoms with van der Waals surface area (Å²) in [7, 11) is 0. The summed E-state index contributed by atoms with van der Waals surface area (Å²) < 4.78 is 6.94. The number of benzene rings is 1. The van der Waals surface area contributed by atoms with Crippen molar-refractivity contribution in [1.29, 1.82) is 0 Å². The Bertz CT molecular complexity index is 857. The molecular formula is C18H22N4O6. The molecule has 0 aliphatic carbocycles. The topological polar surface area (TPSA) is 137 Å². The van der Waals surface area contributed by atoms with Crippen LogP contribution in [0.1, 0.15) is 37.6 Å². The van der Waals surface area contributed by atoms with Crippen LogP contribution >= 0.6 is 0 Å². The van der Waals surface area contributed by atoms with Crippen LogP contribution in [0.4, 0.5) is 5.69 Å². The fourth-order valence-electron chi connectivity index (χ4n) is 2.41. The lowest BCUT2D eigenvalue weighted by Crippen LogP contribution is -2.42. The number of nitro groups is 1. The van der Waals surface area contributed by atoms with Gasteiger partial charge in [0, 0.05) is 37.1 Å². The van der Waals surface area contributed by atoms with Crippen LogP contribution in [0.15, 0.2) is 36.9 Å². The molecule has 0 aliphatic rings. The zero-order valence-corrected chi connectivity index (χ0v) is 15.8. The third-order valence-corrected chi connectivity index (χ3v) is 3.76. The maximum absolute atomic E-state index is 12.4. The molecule has 0 spiro atoms. The van der Waals surface area contributed by atoms with Crippen molar-refractivity contribution in [2.45, 2.75) is 38.8 Å². The molecule has 1 amide bonds. The Morgan fingerprint density at radius 3 is 2.64 bits per heavy atom. The van der Waals surface area contributed by atoms with Crippen molar-refractivity contribution in [3.05, 3.63) is 52.6 Å². The van der Waals surface area contributed by atoms with Crippen LogP contribution in [0.5, 0.6) is 0 Å². The molecule has 0 bridgehead atoms. The number of carbonyl (C=O) groups is 2. The Kier molecular flexibility index (Phi) is 6.47. The Morgan fingerprint density at radius 2 is 2.11 bits per heavy atom. The van der Waals surface area contributed by atoms with E-state index in [1.807, 2.05) is 20.8 Å². The van der Waals surface area contributed by atoms with Gasteiger partial charge in [0.05, 0.1) is 16.9 Å². The van der Waals surface area contributed by atoms with E-state index in [1.54, 1.807) is 0 Å². The Labute approximate surface area is 161 Å². The van der Waals surface area contributed by atoms with Crippen molar-refractivity contribution in [3.63, 3.8) is 0 Å². The first-order chi connectivity index (χ1) is 13.1. The zero-order valence-electron chi connectivity index (χ0n) is 15.8. The molecule has 28 heavy (non-hydrogen) atoms. The maximum atomic E-state index is 12.4. The van der Waals surface area contributed by atoms with Gasteiger partial charge in [0.2, 0.25) is 0 Å². The molecule has 2 aromatic rings. The van der Waals surface area contributed by atoms with E-state index in [2.05, 4.69) is 10.3 Å². The van der Waals surface area contributed by atoms with Crippen molar-refractivity contribution in [2.24, 2.45) is 0 Å². The monoisotopic (exact) mass is 390 g/mol. The van der Waals surface area contributed by atoms with Crippen molar-refractivity contribution in [2.75, 3.05) is 6.61 Å². The molecule has 2 N–H and O–H groups in total. The quantitative estimate of drug-likeness (QED) is 0.520. The molecule has 150 valence electrons. The molecular weight excluding hydrogens is 368 g/mol. The lowest BCUT2D eigenvalue weighted by atomic mass is 10.1. The molecule has 0 fully saturated rings. The average Bonchev–Trinajstić information content (AvgIpc) is 3.13. The molecule has 0 saturated heterocycles. The third-order valence-electron chi connectivity index (χ3n) is 3.76. The largest absolute Gasteiger partial charge is 0.480 e. The summed E-state index contributed by atoms with van der Waals surface area (Å²) in [6, 6.07) is 2.73. The lowest BCUT2D eigenvalue weighted by molar-refractivity contribution is -0.384. The summed E-state index contributed by atoms with van der Waals surface area (Å²) in [5.41, 5.74) is -0.504. The van der Waals surface area contributed by atoms with Crippen molar-refractivity contribution in [1.82, 2.24) is 14.9 Å². The van der Waals surface area contributed by atoms with Crippen LogP contribution in [0, 0.1) is 10.1 Å². The van der Waals surface area contributed by atoms with E-state index in [0.717, 1.165) is 6.07 Å². The fourth-order valence-corrected chi connectivity index (χ4v) is 2.41. The van der Waals surface area contributed by atoms with Gasteiger partial charge >= 0.3 is 5.97 Å². The van der Waals surface area contributed by atoms with E-state index >= 15 is 0 Å². The molecule has 10 heteroatoms. The van der Waals surface area contributed by atoms with Crippen LogP contribution in [-0.2, 0) is 9.53 Å². The number of hydrogen-bond donors (Lipinski definition) is 2. The first kappa shape index (κ1) is 21.0. The summed E-state index contributed by atoms with van der Waals surface area (Å²) in [5, 5.41) is 23.1. The number of ether oxygens (including phenoxy) is 1. The first-order valence-electron chi connectivity index (χ1n) is 8.53. The smallest absolute Gasteiger partial charge is 0.326 e. The first-order valence-corrected chi connectivity index (χ1v) is 8.53. The second-order valence-corrected chi connectivity index (χ2v) is 7.04. The number of aromatic nitrogens is 2. The molecule has 0 saturated carbocycles. The van der Waals surface area contributed by atoms with Gasteiger partial charge in [-0.2, -0.15) is 0 Å². The predicted molar refractivity (Wildman–Crippen MR) is 99.4 cm³/mol. The molecule has 1 atom stereocenters. The predicted octanol–water partition coefficient (Wildman–Crippen LogP) is 2.17. The summed E-state index contributed by atoms with van der Waals surface area (Å²) in [4.78, 5) is 38.5. The number of aliphatic carboxylic acids is 1. The number of amides is 1. The highest BCUT2D eigenvalue weighted by molar-refractivity contribution is 5.97. The molecule has 1 heterocycles. The van der Waals surface area contributed by atoms with Crippen LogP contribution < -0.4 is 5.32 Å². The van der Waals surface area contributed by atoms with Crippen LogP contribution in [0.3, 0.4) is 0 Å². The van der Waals surface area contributed by atoms with Gasteiger partial charge in [-0.1, -0.05) is 0 Å². The summed E-state index contributed by atoms with van der Waals surface area (Å²) in [5.74, 6) is -1.93. The number of nitro benzene ring substituents is 1. The standard InChI is InChI=1S/C18H22N4O6/c1-18(2,3)28-9-6-13(17(24)25)20-16(23)12-4-5-14(15(10-12)22(26)27)21-8-7-19-11-21/h4-5,7-8,10-11,13H,6,9H2,1-3H3,(H,20,23)(H,24,25). The minimum atomic E-state index is -1.21. The summed E-state index contributed by atoms with van der Waals surface area (Å²) in [6.07, 6.45) is 4.48. The van der Waals surface area contributed by atoms with E-state index in [1.165, 1.54) is 35.4 Å². The molecule has 0 radical (unpaired) electrons. The lowest BCUT2D eigenvalue weighted by Gasteiger charge is -2.21. The van der Waals surface area contributed by atoms with Gasteiger partial charge in [0.15, 0.2) is 0 Å². The highest BCUT2D eigenvalue weighted by Crippen LogP contribution is 2.24. The summed E-state index contributed by atoms with van der Waals surface area (Å²) in [6.45, 7) is 5.65. The number of carboxylic acid groups (broad SMARTS) is 1. The zero-order chi connectivity index (χ0) is 20.9. The maximum Gasteiger partial charge on any atom is 0.326 e. The van der Waals surface area contributed by atoms with Crippen molar-refractivity contribution in [3.8, 4) is 5.69 Å². The SMILES string of the molecule is CC(C)(C)OCCC(NC(=O)c1ccc(-n2ccnc2)c([N+](=O)[O-])c1)C(=O)O. The molecule has 10 nitrogen and oxygen atoms in total. The number of nitrogens with one attached hydrogen (secondary N) is 1. The molecule has 2 rings (SSSR count). The number of carboxylic acids is 1. The molecule has 1 aromatic carbocycles. The second-order valence-electron chi connectivity index (χ2n) is 7.04. The number of rotatable bonds is 8. The van der Waals surface area contributed by atoms with Crippen molar-refractivity contribution >= 4 is 17.6 Å². The number of nitrogens with zero attached hydrogens (tertiary/aromatic N) is 3. The van der Waals surface area contributed by atoms with Gasteiger partial charge < -0.3 is 19.7 Å². The Balaban J connectivity index is 2.17. The Hall–Kier alpha value is -3.27. The van der Waals surface area contributed by atoms with Gasteiger partial charge in [-0.15, -0.1) is 0 Å². The summed E-state index contributed by atoms with van der Waals surface area (Å²) >= 11 is 0. The minimum Gasteiger partial charge on any atom is -0.480 e. The Morgan fingerprint density at radius 1 is 1.39 bits per heavy atom. The van der Waals surface area contributed by atoms with E-state index in [9.17, 15) is 24.8 Å². The van der Waals surface area contributed by atoms with Gasteiger partial charge in [-0.3, -0.25) is 14.9 Å². The van der Waals surface area contributed by atoms with Gasteiger partial charge in [-0.25, -0.2) is 9.78 Å². The van der Waals surface area contributed by atoms with Crippen molar-refractivity contribution < 1.29 is 24.4 Å². The molecule has 0 aliphatic heterocycles. The highest BCUT2D eigenvalue weighted by atomic mass is 16.6. The molecule has 1 unspecified atom stereocenters. The normalized spacial score (nSPS) is 12.4.